The van der Waals surface area contributed by atoms with Crippen molar-refractivity contribution in [2.24, 2.45) is 17.3 Å². The van der Waals surface area contributed by atoms with E-state index in [9.17, 15) is 0 Å². The van der Waals surface area contributed by atoms with Crippen LogP contribution in [0, 0.1) is 17.3 Å². The lowest BCUT2D eigenvalue weighted by Crippen LogP contribution is -2.29. The highest BCUT2D eigenvalue weighted by molar-refractivity contribution is 5.98. The maximum Gasteiger partial charge on any atom is 0.203 e. The van der Waals surface area contributed by atoms with E-state index in [1.165, 1.54) is 57.1 Å². The van der Waals surface area contributed by atoms with Crippen LogP contribution in [0.1, 0.15) is 85.5 Å². The van der Waals surface area contributed by atoms with Crippen LogP contribution < -0.4 is 0 Å². The van der Waals surface area contributed by atoms with E-state index < -0.39 is 0 Å². The van der Waals surface area contributed by atoms with Gasteiger partial charge in [0, 0.05) is 6.42 Å². The summed E-state index contributed by atoms with van der Waals surface area (Å²) in [5, 5.41) is 0. The van der Waals surface area contributed by atoms with Gasteiger partial charge < -0.3 is 4.43 Å². The van der Waals surface area contributed by atoms with Crippen molar-refractivity contribution in [3.8, 4) is 0 Å². The molecule has 0 radical (unpaired) electrons. The second kappa shape index (κ2) is 8.91. The van der Waals surface area contributed by atoms with Gasteiger partial charge in [-0.2, -0.15) is 0 Å². The van der Waals surface area contributed by atoms with Crippen LogP contribution in [0.5, 0.6) is 0 Å². The SMILES string of the molecule is CC(C)C(C)(C)C1C=C(O[SiH3])CCCCCCCCC1. The summed E-state index contributed by atoms with van der Waals surface area (Å²) in [7, 11) is 0.830. The Balaban J connectivity index is 2.84. The van der Waals surface area contributed by atoms with Crippen LogP contribution >= 0.6 is 0 Å². The third-order valence-electron chi connectivity index (χ3n) is 5.53. The van der Waals surface area contributed by atoms with E-state index in [-0.39, 0.29) is 0 Å². The molecule has 0 aromatic heterocycles. The zero-order valence-corrected chi connectivity index (χ0v) is 16.5. The summed E-state index contributed by atoms with van der Waals surface area (Å²) in [4.78, 5) is 0. The standard InChI is InChI=1S/C18H36OSi/c1-15(2)18(3,4)16-12-10-8-6-5-7-9-11-13-17(14-16)19-20/h14-16H,5-13H2,1-4,20H3. The Hall–Kier alpha value is -0.243. The molecule has 0 heterocycles. The van der Waals surface area contributed by atoms with Gasteiger partial charge in [0.2, 0.25) is 10.5 Å². The van der Waals surface area contributed by atoms with Crippen molar-refractivity contribution in [1.29, 1.82) is 0 Å². The van der Waals surface area contributed by atoms with Gasteiger partial charge in [-0.3, -0.25) is 0 Å². The largest absolute Gasteiger partial charge is 0.556 e. The molecule has 1 unspecified atom stereocenters. The molecule has 0 N–H and O–H groups in total. The van der Waals surface area contributed by atoms with Crippen molar-refractivity contribution in [3.63, 3.8) is 0 Å². The molecule has 1 rings (SSSR count). The molecule has 0 aliphatic heterocycles. The Labute approximate surface area is 130 Å². The summed E-state index contributed by atoms with van der Waals surface area (Å²) in [6.45, 7) is 9.61. The molecule has 0 saturated heterocycles. The first-order chi connectivity index (χ1) is 9.48. The van der Waals surface area contributed by atoms with Crippen LogP contribution in [0.2, 0.25) is 0 Å². The van der Waals surface area contributed by atoms with Crippen LogP contribution in [-0.4, -0.2) is 10.5 Å². The monoisotopic (exact) mass is 296 g/mol. The van der Waals surface area contributed by atoms with Gasteiger partial charge in [-0.1, -0.05) is 66.2 Å². The number of allylic oxidation sites excluding steroid dienone is 2. The predicted octanol–water partition coefficient (Wildman–Crippen LogP) is 4.99. The van der Waals surface area contributed by atoms with Crippen molar-refractivity contribution in [2.75, 3.05) is 0 Å². The molecule has 1 atom stereocenters. The Morgan fingerprint density at radius 1 is 1.05 bits per heavy atom. The molecule has 0 saturated carbocycles. The van der Waals surface area contributed by atoms with Crippen LogP contribution in [0.25, 0.3) is 0 Å². The van der Waals surface area contributed by atoms with Crippen LogP contribution in [0.3, 0.4) is 0 Å². The van der Waals surface area contributed by atoms with E-state index in [0.717, 1.165) is 16.9 Å². The van der Waals surface area contributed by atoms with E-state index >= 15 is 0 Å². The second-order valence-electron chi connectivity index (χ2n) is 7.43. The van der Waals surface area contributed by atoms with Gasteiger partial charge in [0.1, 0.15) is 0 Å². The number of hydrogen-bond acceptors (Lipinski definition) is 1. The van der Waals surface area contributed by atoms with Gasteiger partial charge in [0.05, 0.1) is 5.76 Å². The molecule has 0 aromatic rings. The van der Waals surface area contributed by atoms with Crippen molar-refractivity contribution in [2.45, 2.75) is 85.5 Å². The average Bonchev–Trinajstić information content (AvgIpc) is 2.39. The molecule has 1 aliphatic carbocycles. The molecule has 0 aromatic carbocycles. The summed E-state index contributed by atoms with van der Waals surface area (Å²) in [6.07, 6.45) is 14.7. The maximum absolute atomic E-state index is 5.80. The highest BCUT2D eigenvalue weighted by Gasteiger charge is 2.31. The zero-order valence-electron chi connectivity index (χ0n) is 14.5. The van der Waals surface area contributed by atoms with Gasteiger partial charge >= 0.3 is 0 Å². The van der Waals surface area contributed by atoms with Crippen LogP contribution in [0.4, 0.5) is 0 Å². The van der Waals surface area contributed by atoms with E-state index in [1.54, 1.807) is 0 Å². The predicted molar refractivity (Wildman–Crippen MR) is 92.8 cm³/mol. The molecule has 1 nitrogen and oxygen atoms in total. The van der Waals surface area contributed by atoms with Crippen LogP contribution in [0.15, 0.2) is 11.8 Å². The first-order valence-corrected chi connectivity index (χ1v) is 9.54. The minimum Gasteiger partial charge on any atom is -0.556 e. The fourth-order valence-electron chi connectivity index (χ4n) is 3.12. The molecule has 118 valence electrons. The minimum atomic E-state index is 0.370. The molecule has 0 fully saturated rings. The summed E-state index contributed by atoms with van der Waals surface area (Å²) in [6, 6.07) is 0. The highest BCUT2D eigenvalue weighted by Crippen LogP contribution is 2.40. The molecule has 0 bridgehead atoms. The third-order valence-corrected chi connectivity index (χ3v) is 6.06. The van der Waals surface area contributed by atoms with Crippen molar-refractivity contribution < 1.29 is 4.43 Å². The topological polar surface area (TPSA) is 9.23 Å². The summed E-state index contributed by atoms with van der Waals surface area (Å²) in [5.41, 5.74) is 0.370. The second-order valence-corrected chi connectivity index (χ2v) is 7.84. The van der Waals surface area contributed by atoms with E-state index in [0.29, 0.717) is 17.3 Å². The van der Waals surface area contributed by atoms with Crippen molar-refractivity contribution in [3.05, 3.63) is 11.8 Å². The summed E-state index contributed by atoms with van der Waals surface area (Å²) >= 11 is 0. The number of rotatable bonds is 3. The van der Waals surface area contributed by atoms with Crippen molar-refractivity contribution in [1.82, 2.24) is 0 Å². The Bertz CT molecular complexity index is 294. The first kappa shape index (κ1) is 17.8. The van der Waals surface area contributed by atoms with Gasteiger partial charge in [0.15, 0.2) is 0 Å². The lowest BCUT2D eigenvalue weighted by Gasteiger charge is -2.37. The normalized spacial score (nSPS) is 23.9. The quantitative estimate of drug-likeness (QED) is 0.667. The lowest BCUT2D eigenvalue weighted by atomic mass is 9.68. The summed E-state index contributed by atoms with van der Waals surface area (Å²) in [5.74, 6) is 2.67. The van der Waals surface area contributed by atoms with Crippen LogP contribution in [-0.2, 0) is 4.43 Å². The van der Waals surface area contributed by atoms with Gasteiger partial charge in [-0.15, -0.1) is 0 Å². The maximum atomic E-state index is 5.80. The molecular weight excluding hydrogens is 260 g/mol. The minimum absolute atomic E-state index is 0.370. The highest BCUT2D eigenvalue weighted by atomic mass is 28.2. The first-order valence-electron chi connectivity index (χ1n) is 8.73. The smallest absolute Gasteiger partial charge is 0.203 e. The Morgan fingerprint density at radius 2 is 1.60 bits per heavy atom. The molecule has 1 aliphatic rings. The average molecular weight is 297 g/mol. The molecule has 0 amide bonds. The van der Waals surface area contributed by atoms with Crippen molar-refractivity contribution >= 4 is 10.5 Å². The number of hydrogen-bond donors (Lipinski definition) is 0. The molecular formula is C18H36OSi. The molecule has 2 heteroatoms. The third kappa shape index (κ3) is 5.63. The zero-order chi connectivity index (χ0) is 15.0. The fraction of sp³-hybridized carbons (Fsp3) is 0.889. The van der Waals surface area contributed by atoms with E-state index in [2.05, 4.69) is 33.8 Å². The van der Waals surface area contributed by atoms with Gasteiger partial charge in [-0.25, -0.2) is 0 Å². The Kier molecular flexibility index (Phi) is 7.94. The van der Waals surface area contributed by atoms with E-state index in [4.69, 9.17) is 4.43 Å². The van der Waals surface area contributed by atoms with Gasteiger partial charge in [0.25, 0.3) is 0 Å². The van der Waals surface area contributed by atoms with Gasteiger partial charge in [-0.05, 0) is 36.2 Å². The lowest BCUT2D eigenvalue weighted by molar-refractivity contribution is 0.158. The Morgan fingerprint density at radius 3 is 2.15 bits per heavy atom. The van der Waals surface area contributed by atoms with E-state index in [1.807, 2.05) is 0 Å². The summed E-state index contributed by atoms with van der Waals surface area (Å²) < 4.78 is 5.80. The fourth-order valence-corrected chi connectivity index (χ4v) is 3.46. The molecule has 0 spiro atoms. The molecule has 20 heavy (non-hydrogen) atoms.